The quantitative estimate of drug-likeness (QED) is 0.320. The van der Waals surface area contributed by atoms with E-state index < -0.39 is 6.83 Å². The van der Waals surface area contributed by atoms with Gasteiger partial charge in [0.05, 0.1) is 0 Å². The maximum atomic E-state index is 7.11. The summed E-state index contributed by atoms with van der Waals surface area (Å²) in [4.78, 5) is 0. The van der Waals surface area contributed by atoms with Gasteiger partial charge in [0.1, 0.15) is 0 Å². The van der Waals surface area contributed by atoms with E-state index in [1.165, 1.54) is 21.5 Å². The van der Waals surface area contributed by atoms with Gasteiger partial charge in [0.2, 0.25) is 0 Å². The number of hydrogen-bond donors (Lipinski definition) is 0. The van der Waals surface area contributed by atoms with Gasteiger partial charge in [-0.3, -0.25) is 0 Å². The molecule has 0 saturated carbocycles. The van der Waals surface area contributed by atoms with E-state index in [9.17, 15) is 0 Å². The van der Waals surface area contributed by atoms with E-state index >= 15 is 0 Å². The smallest absolute Gasteiger partial charge is 0.147 e. The molecular weight excluding hydrogens is 407 g/mol. The fourth-order valence-corrected chi connectivity index (χ4v) is 10.3. The van der Waals surface area contributed by atoms with E-state index in [-0.39, 0.29) is 12.4 Å². The third kappa shape index (κ3) is 3.70. The molecule has 0 aliphatic rings. The molecule has 0 aliphatic carbocycles. The zero-order chi connectivity index (χ0) is 20.0. The molecule has 0 spiro atoms. The number of benzene rings is 4. The minimum absolute atomic E-state index is 0. The zero-order valence-corrected chi connectivity index (χ0v) is 18.9. The summed E-state index contributed by atoms with van der Waals surface area (Å²) in [5, 5.41) is 3.80. The number of hydrogen-bond acceptors (Lipinski definition) is 1. The van der Waals surface area contributed by atoms with Gasteiger partial charge in [0, 0.05) is 0 Å². The maximum Gasteiger partial charge on any atom is -0.147 e. The van der Waals surface area contributed by atoms with Crippen LogP contribution in [0, 0.1) is 0 Å². The molecule has 30 heavy (non-hydrogen) atoms. The Morgan fingerprint density at radius 2 is 0.867 bits per heavy atom. The number of rotatable bonds is 7. The van der Waals surface area contributed by atoms with Gasteiger partial charge in [-0.05, 0) is 0 Å². The van der Waals surface area contributed by atoms with E-state index in [0.29, 0.717) is 6.61 Å². The van der Waals surface area contributed by atoms with Crippen molar-refractivity contribution in [2.75, 3.05) is 6.61 Å². The van der Waals surface area contributed by atoms with E-state index in [2.05, 4.69) is 128 Å². The molecule has 0 heterocycles. The first-order valence-corrected chi connectivity index (χ1v) is 12.5. The monoisotopic (exact) mass is 434 g/mol. The molecule has 0 aliphatic heterocycles. The van der Waals surface area contributed by atoms with Gasteiger partial charge in [-0.2, -0.15) is 0 Å². The minimum atomic E-state index is -3.23. The molecule has 0 saturated heterocycles. The van der Waals surface area contributed by atoms with Crippen molar-refractivity contribution in [3.63, 3.8) is 0 Å². The van der Waals surface area contributed by atoms with Crippen molar-refractivity contribution >= 4 is 35.2 Å². The maximum absolute atomic E-state index is 7.11. The Labute approximate surface area is 186 Å². The van der Waals surface area contributed by atoms with Crippen LogP contribution < -0.4 is 15.9 Å². The van der Waals surface area contributed by atoms with Crippen molar-refractivity contribution in [1.29, 1.82) is 0 Å². The molecule has 4 aromatic rings. The topological polar surface area (TPSA) is 9.23 Å². The van der Waals surface area contributed by atoms with E-state index in [1.54, 1.807) is 0 Å². The van der Waals surface area contributed by atoms with Crippen LogP contribution >= 0.6 is 19.2 Å². The molecule has 0 aromatic heterocycles. The summed E-state index contributed by atoms with van der Waals surface area (Å²) >= 11 is 0. The fraction of sp³-hybridized carbons (Fsp3) is 0.111. The van der Waals surface area contributed by atoms with Crippen molar-refractivity contribution in [3.8, 4) is 0 Å². The second kappa shape index (κ2) is 9.58. The second-order valence-corrected chi connectivity index (χ2v) is 11.8. The summed E-state index contributed by atoms with van der Waals surface area (Å²) in [5.74, 6) is 0. The predicted octanol–water partition coefficient (Wildman–Crippen LogP) is 6.09. The molecule has 0 fully saturated rings. The van der Waals surface area contributed by atoms with Crippen molar-refractivity contribution in [2.24, 2.45) is 0 Å². The van der Waals surface area contributed by atoms with Crippen molar-refractivity contribution < 1.29 is 4.52 Å². The number of halogens is 1. The van der Waals surface area contributed by atoms with Crippen LogP contribution in [0.15, 0.2) is 121 Å². The summed E-state index contributed by atoms with van der Waals surface area (Å²) in [6.45, 7) is -0.479. The average Bonchev–Trinajstić information content (AvgIpc) is 2.81. The Morgan fingerprint density at radius 1 is 0.533 bits per heavy atom. The van der Waals surface area contributed by atoms with Crippen LogP contribution in [-0.2, 0) is 10.7 Å². The summed E-state index contributed by atoms with van der Waals surface area (Å²) < 4.78 is 7.11. The average molecular weight is 435 g/mol. The van der Waals surface area contributed by atoms with Crippen LogP contribution in [0.4, 0.5) is 0 Å². The van der Waals surface area contributed by atoms with Gasteiger partial charge in [-0.25, -0.2) is 0 Å². The van der Waals surface area contributed by atoms with Crippen LogP contribution in [0.3, 0.4) is 0 Å². The van der Waals surface area contributed by atoms with E-state index in [4.69, 9.17) is 4.52 Å². The van der Waals surface area contributed by atoms with Crippen molar-refractivity contribution in [3.05, 3.63) is 127 Å². The summed E-state index contributed by atoms with van der Waals surface area (Å²) in [6, 6.07) is 43.3. The van der Waals surface area contributed by atoms with Crippen molar-refractivity contribution in [2.45, 2.75) is 13.1 Å². The second-order valence-electron chi connectivity index (χ2n) is 7.28. The zero-order valence-electron chi connectivity index (χ0n) is 17.2. The molecule has 4 aromatic carbocycles. The largest absolute Gasteiger partial charge is 0.147 e. The molecule has 0 bridgehead atoms. The Morgan fingerprint density at radius 3 is 1.20 bits per heavy atom. The Balaban J connectivity index is 0.00000256. The SMILES string of the molecule is CCOP(Cc1ccccc1)(c1ccccc1)(c1ccccc1)c1ccccc1.Cl. The van der Waals surface area contributed by atoms with Gasteiger partial charge < -0.3 is 0 Å². The molecule has 0 N–H and O–H groups in total. The predicted molar refractivity (Wildman–Crippen MR) is 134 cm³/mol. The van der Waals surface area contributed by atoms with Gasteiger partial charge >= 0.3 is 174 Å². The van der Waals surface area contributed by atoms with Gasteiger partial charge in [-0.1, -0.05) is 0 Å². The third-order valence-corrected chi connectivity index (χ3v) is 11.6. The standard InChI is InChI=1S/C27H27OP.ClH/c1-2-28-29(25-17-9-4-10-18-25,26-19-11-5-12-20-26,27-21-13-6-14-22-27)23-24-15-7-3-8-16-24;/h3-22H,2,23H2,1H3;1H. The molecule has 1 nitrogen and oxygen atoms in total. The summed E-state index contributed by atoms with van der Waals surface area (Å²) in [6.07, 6.45) is 0.832. The van der Waals surface area contributed by atoms with Crippen LogP contribution in [0.5, 0.6) is 0 Å². The van der Waals surface area contributed by atoms with Gasteiger partial charge in [0.15, 0.2) is 0 Å². The van der Waals surface area contributed by atoms with Crippen molar-refractivity contribution in [1.82, 2.24) is 0 Å². The third-order valence-electron chi connectivity index (χ3n) is 5.65. The fourth-order valence-electron chi connectivity index (χ4n) is 4.44. The Hall–Kier alpha value is -2.44. The molecule has 154 valence electrons. The Kier molecular flexibility index (Phi) is 7.10. The van der Waals surface area contributed by atoms with Gasteiger partial charge in [0.25, 0.3) is 0 Å². The molecule has 0 radical (unpaired) electrons. The minimum Gasteiger partial charge on any atom is -0.147 e. The molecule has 3 heteroatoms. The van der Waals surface area contributed by atoms with E-state index in [0.717, 1.165) is 6.16 Å². The molecule has 0 unspecified atom stereocenters. The van der Waals surface area contributed by atoms with Crippen LogP contribution in [0.2, 0.25) is 0 Å². The first-order valence-electron chi connectivity index (χ1n) is 10.2. The molecule has 0 amide bonds. The van der Waals surface area contributed by atoms with Crippen LogP contribution in [0.1, 0.15) is 12.5 Å². The Bertz CT molecular complexity index is 938. The van der Waals surface area contributed by atoms with E-state index in [1.807, 2.05) is 0 Å². The first-order chi connectivity index (χ1) is 14.3. The normalized spacial score (nSPS) is 12.4. The molecule has 0 atom stereocenters. The molecule has 4 rings (SSSR count). The summed E-state index contributed by atoms with van der Waals surface area (Å²) in [7, 11) is 0. The van der Waals surface area contributed by atoms with Crippen LogP contribution in [-0.4, -0.2) is 6.61 Å². The first kappa shape index (κ1) is 22.2. The summed E-state index contributed by atoms with van der Waals surface area (Å²) in [5.41, 5.74) is 1.29. The van der Waals surface area contributed by atoms with Gasteiger partial charge in [-0.15, -0.1) is 12.4 Å². The van der Waals surface area contributed by atoms with Crippen LogP contribution in [0.25, 0.3) is 0 Å². The molecular formula is C27H28ClOP.